The van der Waals surface area contributed by atoms with Crippen molar-refractivity contribution in [3.05, 3.63) is 22.4 Å². The Labute approximate surface area is 129 Å². The molecule has 1 aromatic rings. The summed E-state index contributed by atoms with van der Waals surface area (Å²) in [5, 5.41) is 11.6. The second-order valence-electron chi connectivity index (χ2n) is 6.02. The van der Waals surface area contributed by atoms with Crippen molar-refractivity contribution < 1.29 is 14.7 Å². The van der Waals surface area contributed by atoms with E-state index in [9.17, 15) is 14.7 Å². The van der Waals surface area contributed by atoms with E-state index in [2.05, 4.69) is 0 Å². The molecule has 1 heterocycles. The molecule has 1 aliphatic rings. The van der Waals surface area contributed by atoms with Crippen LogP contribution in [0.1, 0.15) is 56.4 Å². The molecule has 0 aliphatic heterocycles. The average Bonchev–Trinajstić information content (AvgIpc) is 3.00. The molecule has 1 unspecified atom stereocenters. The molecule has 1 saturated carbocycles. The summed E-state index contributed by atoms with van der Waals surface area (Å²) in [6, 6.07) is 3.97. The van der Waals surface area contributed by atoms with Crippen molar-refractivity contribution in [3.63, 3.8) is 0 Å². The number of carboxylic acids is 1. The van der Waals surface area contributed by atoms with Crippen LogP contribution in [0.25, 0.3) is 0 Å². The first-order valence-corrected chi connectivity index (χ1v) is 8.37. The Balaban J connectivity index is 2.06. The molecule has 0 saturated heterocycles. The van der Waals surface area contributed by atoms with Crippen molar-refractivity contribution >= 4 is 23.2 Å². The Hall–Kier alpha value is -1.36. The Bertz CT molecular complexity index is 492. The normalized spacial score (nSPS) is 19.0. The molecule has 1 fully saturated rings. The van der Waals surface area contributed by atoms with Gasteiger partial charge in [0.25, 0.3) is 0 Å². The van der Waals surface area contributed by atoms with E-state index in [1.165, 1.54) is 0 Å². The Morgan fingerprint density at radius 1 is 1.38 bits per heavy atom. The summed E-state index contributed by atoms with van der Waals surface area (Å²) in [5.41, 5.74) is -0.848. The molecule has 2 rings (SSSR count). The topological polar surface area (TPSA) is 57.6 Å². The van der Waals surface area contributed by atoms with Gasteiger partial charge >= 0.3 is 5.97 Å². The molecule has 1 atom stereocenters. The van der Waals surface area contributed by atoms with Gasteiger partial charge in [0.05, 0.1) is 11.5 Å². The van der Waals surface area contributed by atoms with E-state index >= 15 is 0 Å². The van der Waals surface area contributed by atoms with E-state index in [1.807, 2.05) is 24.4 Å². The third-order valence-electron chi connectivity index (χ3n) is 4.68. The van der Waals surface area contributed by atoms with Gasteiger partial charge in [0.1, 0.15) is 0 Å². The lowest BCUT2D eigenvalue weighted by Gasteiger charge is -2.35. The van der Waals surface area contributed by atoms with Crippen LogP contribution in [0.5, 0.6) is 0 Å². The minimum atomic E-state index is -0.848. The number of hydrogen-bond acceptors (Lipinski definition) is 3. The average molecular weight is 309 g/mol. The largest absolute Gasteiger partial charge is 0.481 e. The minimum absolute atomic E-state index is 0.00747. The molecule has 0 bridgehead atoms. The van der Waals surface area contributed by atoms with Crippen LogP contribution in [0.2, 0.25) is 0 Å². The maximum Gasteiger partial charge on any atom is 0.310 e. The SMILES string of the molecule is CC(c1cccs1)N(C)C(=O)CC1(C(=O)O)CCCCC1. The molecular formula is C16H23NO3S. The minimum Gasteiger partial charge on any atom is -0.481 e. The predicted octanol–water partition coefficient (Wildman–Crippen LogP) is 3.69. The zero-order valence-corrected chi connectivity index (χ0v) is 13.5. The van der Waals surface area contributed by atoms with Crippen molar-refractivity contribution in [2.75, 3.05) is 7.05 Å². The van der Waals surface area contributed by atoms with Crippen LogP contribution in [-0.4, -0.2) is 28.9 Å². The summed E-state index contributed by atoms with van der Waals surface area (Å²) in [6.07, 6.45) is 4.25. The predicted molar refractivity (Wildman–Crippen MR) is 83.3 cm³/mol. The lowest BCUT2D eigenvalue weighted by atomic mass is 9.71. The summed E-state index contributed by atoms with van der Waals surface area (Å²) in [5.74, 6) is -0.882. The summed E-state index contributed by atoms with van der Waals surface area (Å²) < 4.78 is 0. The molecule has 0 aromatic carbocycles. The summed E-state index contributed by atoms with van der Waals surface area (Å²) >= 11 is 1.62. The Kier molecular flexibility index (Phi) is 5.04. The molecule has 116 valence electrons. The van der Waals surface area contributed by atoms with Crippen LogP contribution in [0.3, 0.4) is 0 Å². The smallest absolute Gasteiger partial charge is 0.310 e. The van der Waals surface area contributed by atoms with E-state index in [0.717, 1.165) is 24.1 Å². The van der Waals surface area contributed by atoms with Gasteiger partial charge < -0.3 is 10.0 Å². The molecule has 0 spiro atoms. The highest BCUT2D eigenvalue weighted by molar-refractivity contribution is 7.10. The number of thiophene rings is 1. The molecule has 1 aromatic heterocycles. The highest BCUT2D eigenvalue weighted by Crippen LogP contribution is 2.40. The third kappa shape index (κ3) is 3.46. The number of carbonyl (C=O) groups is 2. The van der Waals surface area contributed by atoms with Gasteiger partial charge in [0, 0.05) is 18.3 Å². The molecular weight excluding hydrogens is 286 g/mol. The van der Waals surface area contributed by atoms with Gasteiger partial charge in [-0.05, 0) is 31.2 Å². The van der Waals surface area contributed by atoms with Gasteiger partial charge in [-0.15, -0.1) is 11.3 Å². The summed E-state index contributed by atoms with van der Waals surface area (Å²) in [6.45, 7) is 1.98. The van der Waals surface area contributed by atoms with Gasteiger partial charge in [-0.3, -0.25) is 9.59 Å². The van der Waals surface area contributed by atoms with Crippen LogP contribution in [-0.2, 0) is 9.59 Å². The number of carbonyl (C=O) groups excluding carboxylic acids is 1. The van der Waals surface area contributed by atoms with Gasteiger partial charge in [-0.2, -0.15) is 0 Å². The molecule has 21 heavy (non-hydrogen) atoms. The van der Waals surface area contributed by atoms with Gasteiger partial charge in [-0.1, -0.05) is 25.3 Å². The van der Waals surface area contributed by atoms with E-state index < -0.39 is 11.4 Å². The maximum atomic E-state index is 12.5. The molecule has 1 N–H and O–H groups in total. The molecule has 5 heteroatoms. The van der Waals surface area contributed by atoms with Crippen LogP contribution in [0.4, 0.5) is 0 Å². The van der Waals surface area contributed by atoms with Crippen molar-refractivity contribution in [2.24, 2.45) is 5.41 Å². The van der Waals surface area contributed by atoms with Crippen molar-refractivity contribution in [2.45, 2.75) is 51.5 Å². The number of amides is 1. The second-order valence-corrected chi connectivity index (χ2v) is 7.00. The molecule has 4 nitrogen and oxygen atoms in total. The lowest BCUT2D eigenvalue weighted by Crippen LogP contribution is -2.40. The van der Waals surface area contributed by atoms with E-state index in [-0.39, 0.29) is 18.4 Å². The first-order valence-electron chi connectivity index (χ1n) is 7.49. The van der Waals surface area contributed by atoms with E-state index in [4.69, 9.17) is 0 Å². The van der Waals surface area contributed by atoms with Crippen LogP contribution in [0, 0.1) is 5.41 Å². The number of carboxylic acid groups (broad SMARTS) is 1. The molecule has 1 aliphatic carbocycles. The molecule has 1 amide bonds. The fourth-order valence-electron chi connectivity index (χ4n) is 3.04. The fraction of sp³-hybridized carbons (Fsp3) is 0.625. The maximum absolute atomic E-state index is 12.5. The number of hydrogen-bond donors (Lipinski definition) is 1. The van der Waals surface area contributed by atoms with Crippen molar-refractivity contribution in [3.8, 4) is 0 Å². The third-order valence-corrected chi connectivity index (χ3v) is 5.73. The number of rotatable bonds is 5. The summed E-state index contributed by atoms with van der Waals surface area (Å²) in [7, 11) is 1.77. The number of nitrogens with zero attached hydrogens (tertiary/aromatic N) is 1. The lowest BCUT2D eigenvalue weighted by molar-refractivity contribution is -0.156. The van der Waals surface area contributed by atoms with Gasteiger partial charge in [0.2, 0.25) is 5.91 Å². The van der Waals surface area contributed by atoms with Crippen LogP contribution < -0.4 is 0 Å². The monoisotopic (exact) mass is 309 g/mol. The second kappa shape index (κ2) is 6.60. The summed E-state index contributed by atoms with van der Waals surface area (Å²) in [4.78, 5) is 27.0. The molecule has 0 radical (unpaired) electrons. The van der Waals surface area contributed by atoms with E-state index in [1.54, 1.807) is 23.3 Å². The first-order chi connectivity index (χ1) is 9.96. The highest BCUT2D eigenvalue weighted by atomic mass is 32.1. The van der Waals surface area contributed by atoms with Gasteiger partial charge in [0.15, 0.2) is 0 Å². The Morgan fingerprint density at radius 2 is 2.05 bits per heavy atom. The fourth-order valence-corrected chi connectivity index (χ4v) is 3.87. The quantitative estimate of drug-likeness (QED) is 0.902. The zero-order valence-electron chi connectivity index (χ0n) is 12.7. The van der Waals surface area contributed by atoms with Crippen LogP contribution >= 0.6 is 11.3 Å². The van der Waals surface area contributed by atoms with Crippen molar-refractivity contribution in [1.82, 2.24) is 4.90 Å². The first kappa shape index (κ1) is 16.0. The van der Waals surface area contributed by atoms with Crippen LogP contribution in [0.15, 0.2) is 17.5 Å². The zero-order chi connectivity index (χ0) is 15.5. The van der Waals surface area contributed by atoms with Gasteiger partial charge in [-0.25, -0.2) is 0 Å². The number of aliphatic carboxylic acids is 1. The van der Waals surface area contributed by atoms with Crippen molar-refractivity contribution in [1.29, 1.82) is 0 Å². The Morgan fingerprint density at radius 3 is 2.57 bits per heavy atom. The van der Waals surface area contributed by atoms with E-state index in [0.29, 0.717) is 12.8 Å². The highest BCUT2D eigenvalue weighted by Gasteiger charge is 2.42. The standard InChI is InChI=1S/C16H23NO3S/c1-12(13-7-6-10-21-13)17(2)14(18)11-16(15(19)20)8-4-3-5-9-16/h6-7,10,12H,3-5,8-9,11H2,1-2H3,(H,19,20).